The van der Waals surface area contributed by atoms with Crippen LogP contribution in [0.2, 0.25) is 0 Å². The van der Waals surface area contributed by atoms with E-state index in [2.05, 4.69) is 5.32 Å². The van der Waals surface area contributed by atoms with Crippen LogP contribution in [0, 0.1) is 0 Å². The zero-order chi connectivity index (χ0) is 19.4. The van der Waals surface area contributed by atoms with Gasteiger partial charge in [-0.15, -0.1) is 0 Å². The van der Waals surface area contributed by atoms with Gasteiger partial charge in [-0.2, -0.15) is 0 Å². The number of benzene rings is 2. The number of esters is 1. The first-order valence-electron chi connectivity index (χ1n) is 8.86. The van der Waals surface area contributed by atoms with Crippen molar-refractivity contribution < 1.29 is 24.1 Å². The molecule has 1 saturated heterocycles. The Morgan fingerprint density at radius 3 is 2.44 bits per heavy atom. The van der Waals surface area contributed by atoms with E-state index in [-0.39, 0.29) is 12.6 Å². The minimum atomic E-state index is -0.960. The van der Waals surface area contributed by atoms with Gasteiger partial charge in [0.1, 0.15) is 11.6 Å². The van der Waals surface area contributed by atoms with Crippen molar-refractivity contribution >= 4 is 5.97 Å². The fourth-order valence-corrected chi connectivity index (χ4v) is 3.48. The van der Waals surface area contributed by atoms with Crippen LogP contribution >= 0.6 is 0 Å². The van der Waals surface area contributed by atoms with Crippen molar-refractivity contribution in [1.82, 2.24) is 5.32 Å². The van der Waals surface area contributed by atoms with Gasteiger partial charge in [0.15, 0.2) is 11.5 Å². The lowest BCUT2D eigenvalue weighted by atomic mass is 9.87. The van der Waals surface area contributed by atoms with E-state index in [4.69, 9.17) is 14.2 Å². The van der Waals surface area contributed by atoms with Crippen LogP contribution < -0.4 is 14.8 Å². The molecule has 27 heavy (non-hydrogen) atoms. The molecule has 2 N–H and O–H groups in total. The zero-order valence-electron chi connectivity index (χ0n) is 15.8. The summed E-state index contributed by atoms with van der Waals surface area (Å²) < 4.78 is 16.3. The summed E-state index contributed by atoms with van der Waals surface area (Å²) in [5, 5.41) is 13.2. The van der Waals surface area contributed by atoms with E-state index in [1.807, 2.05) is 48.5 Å². The van der Waals surface area contributed by atoms with E-state index >= 15 is 0 Å². The predicted molar refractivity (Wildman–Crippen MR) is 101 cm³/mol. The fraction of sp³-hybridized carbons (Fsp3) is 0.381. The zero-order valence-corrected chi connectivity index (χ0v) is 15.8. The highest BCUT2D eigenvalue weighted by Crippen LogP contribution is 2.33. The molecule has 3 unspecified atom stereocenters. The van der Waals surface area contributed by atoms with E-state index in [1.165, 1.54) is 0 Å². The Morgan fingerprint density at radius 1 is 1.11 bits per heavy atom. The van der Waals surface area contributed by atoms with Gasteiger partial charge in [0.05, 0.1) is 26.9 Å². The summed E-state index contributed by atoms with van der Waals surface area (Å²) in [5.74, 6) is 0.877. The standard InChI is InChI=1S/C21H25NO5/c1-21(12-14-9-10-17(25-2)18(11-14)26-3)20(24)27-19(16(13-23)22-21)15-7-5-4-6-8-15/h4-11,16,19,22-23H,12-13H2,1-3H3. The lowest BCUT2D eigenvalue weighted by Crippen LogP contribution is -2.63. The van der Waals surface area contributed by atoms with Crippen LogP contribution in [0.4, 0.5) is 0 Å². The van der Waals surface area contributed by atoms with Crippen molar-refractivity contribution in [3.05, 3.63) is 59.7 Å². The molecule has 1 aliphatic rings. The van der Waals surface area contributed by atoms with Crippen molar-refractivity contribution in [3.8, 4) is 11.5 Å². The van der Waals surface area contributed by atoms with E-state index in [1.54, 1.807) is 21.1 Å². The highest BCUT2D eigenvalue weighted by Gasteiger charge is 2.45. The van der Waals surface area contributed by atoms with Gasteiger partial charge >= 0.3 is 5.97 Å². The number of cyclic esters (lactones) is 1. The summed E-state index contributed by atoms with van der Waals surface area (Å²) in [6.07, 6.45) is -0.133. The highest BCUT2D eigenvalue weighted by atomic mass is 16.6. The van der Waals surface area contributed by atoms with Gasteiger partial charge in [0.25, 0.3) is 0 Å². The quantitative estimate of drug-likeness (QED) is 0.759. The molecule has 0 aliphatic carbocycles. The molecule has 0 aromatic heterocycles. The second-order valence-corrected chi connectivity index (χ2v) is 6.87. The molecule has 0 radical (unpaired) electrons. The molecule has 1 aliphatic heterocycles. The molecule has 1 heterocycles. The molecule has 2 aromatic carbocycles. The summed E-state index contributed by atoms with van der Waals surface area (Å²) >= 11 is 0. The number of hydrogen-bond acceptors (Lipinski definition) is 6. The summed E-state index contributed by atoms with van der Waals surface area (Å²) in [6, 6.07) is 14.6. The van der Waals surface area contributed by atoms with Crippen molar-refractivity contribution in [3.63, 3.8) is 0 Å². The maximum atomic E-state index is 12.8. The lowest BCUT2D eigenvalue weighted by molar-refractivity contribution is -0.169. The van der Waals surface area contributed by atoms with Crippen LogP contribution in [0.5, 0.6) is 11.5 Å². The smallest absolute Gasteiger partial charge is 0.327 e. The van der Waals surface area contributed by atoms with Gasteiger partial charge in [-0.25, -0.2) is 0 Å². The lowest BCUT2D eigenvalue weighted by Gasteiger charge is -2.42. The van der Waals surface area contributed by atoms with Gasteiger partial charge in [0.2, 0.25) is 0 Å². The Hall–Kier alpha value is -2.57. The van der Waals surface area contributed by atoms with Crippen LogP contribution in [0.1, 0.15) is 24.2 Å². The molecule has 0 saturated carbocycles. The van der Waals surface area contributed by atoms with Crippen molar-refractivity contribution in [2.75, 3.05) is 20.8 Å². The molecular weight excluding hydrogens is 346 g/mol. The number of methoxy groups -OCH3 is 2. The minimum absolute atomic E-state index is 0.144. The largest absolute Gasteiger partial charge is 0.493 e. The maximum Gasteiger partial charge on any atom is 0.327 e. The van der Waals surface area contributed by atoms with Gasteiger partial charge in [0, 0.05) is 6.42 Å². The summed E-state index contributed by atoms with van der Waals surface area (Å²) in [6.45, 7) is 1.64. The van der Waals surface area contributed by atoms with Gasteiger partial charge < -0.3 is 19.3 Å². The Labute approximate surface area is 159 Å². The molecule has 3 atom stereocenters. The second-order valence-electron chi connectivity index (χ2n) is 6.87. The Bertz CT molecular complexity index is 794. The number of rotatable bonds is 6. The average Bonchev–Trinajstić information content (AvgIpc) is 2.70. The molecule has 3 rings (SSSR count). The predicted octanol–water partition coefficient (Wildman–Crippen LogP) is 2.25. The highest BCUT2D eigenvalue weighted by molar-refractivity contribution is 5.82. The molecule has 6 heteroatoms. The molecule has 0 bridgehead atoms. The number of carbonyl (C=O) groups excluding carboxylic acids is 1. The summed E-state index contributed by atoms with van der Waals surface area (Å²) in [5.41, 5.74) is 0.790. The van der Waals surface area contributed by atoms with Crippen molar-refractivity contribution in [2.45, 2.75) is 31.0 Å². The van der Waals surface area contributed by atoms with Crippen molar-refractivity contribution in [2.24, 2.45) is 0 Å². The molecule has 144 valence electrons. The first-order chi connectivity index (χ1) is 13.0. The third kappa shape index (κ3) is 3.91. The van der Waals surface area contributed by atoms with Crippen LogP contribution in [0.3, 0.4) is 0 Å². The normalized spacial score (nSPS) is 25.0. The molecule has 6 nitrogen and oxygen atoms in total. The summed E-state index contributed by atoms with van der Waals surface area (Å²) in [7, 11) is 3.15. The first-order valence-corrected chi connectivity index (χ1v) is 8.86. The fourth-order valence-electron chi connectivity index (χ4n) is 3.48. The van der Waals surface area contributed by atoms with Crippen LogP contribution in [0.15, 0.2) is 48.5 Å². The van der Waals surface area contributed by atoms with E-state index in [0.717, 1.165) is 11.1 Å². The molecule has 1 fully saturated rings. The summed E-state index contributed by atoms with van der Waals surface area (Å²) in [4.78, 5) is 12.8. The third-order valence-corrected chi connectivity index (χ3v) is 4.88. The minimum Gasteiger partial charge on any atom is -0.493 e. The molecule has 0 amide bonds. The topological polar surface area (TPSA) is 77.0 Å². The molecular formula is C21H25NO5. The number of ether oxygens (including phenoxy) is 3. The van der Waals surface area contributed by atoms with E-state index in [9.17, 15) is 9.90 Å². The number of carbonyl (C=O) groups is 1. The second kappa shape index (κ2) is 7.98. The Morgan fingerprint density at radius 2 is 1.81 bits per heavy atom. The molecule has 0 spiro atoms. The van der Waals surface area contributed by atoms with Gasteiger partial charge in [-0.1, -0.05) is 36.4 Å². The monoisotopic (exact) mass is 371 g/mol. The third-order valence-electron chi connectivity index (χ3n) is 4.88. The molecule has 2 aromatic rings. The number of morpholine rings is 1. The first kappa shape index (κ1) is 19.2. The van der Waals surface area contributed by atoms with Crippen LogP contribution in [-0.4, -0.2) is 43.5 Å². The number of nitrogens with one attached hydrogen (secondary N) is 1. The Kier molecular flexibility index (Phi) is 5.68. The van der Waals surface area contributed by atoms with E-state index in [0.29, 0.717) is 17.9 Å². The number of hydrogen-bond donors (Lipinski definition) is 2. The van der Waals surface area contributed by atoms with Crippen molar-refractivity contribution in [1.29, 1.82) is 0 Å². The SMILES string of the molecule is COc1ccc(CC2(C)NC(CO)C(c3ccccc3)OC2=O)cc1OC. The van der Waals surface area contributed by atoms with Crippen LogP contribution in [0.25, 0.3) is 0 Å². The number of aliphatic hydroxyl groups excluding tert-OH is 1. The van der Waals surface area contributed by atoms with Gasteiger partial charge in [-0.05, 0) is 30.2 Å². The van der Waals surface area contributed by atoms with E-state index < -0.39 is 17.7 Å². The maximum absolute atomic E-state index is 12.8. The average molecular weight is 371 g/mol. The van der Waals surface area contributed by atoms with Crippen LogP contribution in [-0.2, 0) is 16.0 Å². The Balaban J connectivity index is 1.83. The van der Waals surface area contributed by atoms with Gasteiger partial charge in [-0.3, -0.25) is 10.1 Å². The number of aliphatic hydroxyl groups is 1.